The van der Waals surface area contributed by atoms with Crippen molar-refractivity contribution in [3.05, 3.63) is 103 Å². The van der Waals surface area contributed by atoms with E-state index in [9.17, 15) is 4.79 Å². The van der Waals surface area contributed by atoms with Crippen LogP contribution in [0.5, 0.6) is 5.75 Å². The van der Waals surface area contributed by atoms with Crippen LogP contribution in [0.3, 0.4) is 0 Å². The van der Waals surface area contributed by atoms with Crippen LogP contribution in [0.1, 0.15) is 11.4 Å². The monoisotopic (exact) mass is 498 g/mol. The summed E-state index contributed by atoms with van der Waals surface area (Å²) in [6.45, 7) is 6.60. The van der Waals surface area contributed by atoms with E-state index in [-0.39, 0.29) is 18.3 Å². The number of nitrogens with zero attached hydrogens (tertiary/aromatic N) is 5. The molecule has 8 nitrogen and oxygen atoms in total. The lowest BCUT2D eigenvalue weighted by Gasteiger charge is -2.10. The quantitative estimate of drug-likeness (QED) is 0.145. The summed E-state index contributed by atoms with van der Waals surface area (Å²) in [5.74, 6) is 1.50. The molecular formula is C27H26N6O2S. The Balaban J connectivity index is 1.31. The van der Waals surface area contributed by atoms with Crippen LogP contribution in [-0.2, 0) is 17.9 Å². The summed E-state index contributed by atoms with van der Waals surface area (Å²) in [7, 11) is 0. The number of benzene rings is 3. The second-order valence-electron chi connectivity index (χ2n) is 7.77. The number of hydrogen-bond donors (Lipinski definition) is 1. The summed E-state index contributed by atoms with van der Waals surface area (Å²) < 4.78 is 7.82. The molecule has 1 aromatic heterocycles. The molecule has 4 rings (SSSR count). The third kappa shape index (κ3) is 6.89. The molecule has 0 saturated heterocycles. The second-order valence-corrected chi connectivity index (χ2v) is 8.71. The maximum Gasteiger partial charge on any atom is 0.234 e. The van der Waals surface area contributed by atoms with Gasteiger partial charge in [-0.15, -0.1) is 16.8 Å². The highest BCUT2D eigenvalue weighted by atomic mass is 32.2. The van der Waals surface area contributed by atoms with E-state index in [1.54, 1.807) is 30.3 Å². The first kappa shape index (κ1) is 24.9. The van der Waals surface area contributed by atoms with Gasteiger partial charge in [0, 0.05) is 12.2 Å². The van der Waals surface area contributed by atoms with E-state index in [1.807, 2.05) is 66.1 Å². The summed E-state index contributed by atoms with van der Waals surface area (Å²) in [6.07, 6.45) is 1.77. The number of anilines is 1. The minimum atomic E-state index is -0.149. The Bertz CT molecular complexity index is 1340. The zero-order valence-corrected chi connectivity index (χ0v) is 20.7. The molecule has 0 saturated carbocycles. The Labute approximate surface area is 214 Å². The van der Waals surface area contributed by atoms with Crippen LogP contribution in [0, 0.1) is 6.92 Å². The van der Waals surface area contributed by atoms with Gasteiger partial charge in [-0.05, 0) is 55.0 Å². The lowest BCUT2D eigenvalue weighted by molar-refractivity contribution is -0.113. The van der Waals surface area contributed by atoms with Gasteiger partial charge in [-0.1, -0.05) is 54.2 Å². The Morgan fingerprint density at radius 1 is 1.00 bits per heavy atom. The van der Waals surface area contributed by atoms with E-state index < -0.39 is 0 Å². The summed E-state index contributed by atoms with van der Waals surface area (Å²) in [5.41, 5.74) is 3.20. The van der Waals surface area contributed by atoms with E-state index in [2.05, 4.69) is 32.3 Å². The Morgan fingerprint density at radius 2 is 1.69 bits per heavy atom. The van der Waals surface area contributed by atoms with Crippen molar-refractivity contribution in [1.82, 2.24) is 14.8 Å². The average Bonchev–Trinajstić information content (AvgIpc) is 3.29. The molecule has 182 valence electrons. The number of aryl methyl sites for hydroxylation is 1. The van der Waals surface area contributed by atoms with Gasteiger partial charge in [-0.3, -0.25) is 9.36 Å². The lowest BCUT2D eigenvalue weighted by atomic mass is 10.2. The third-order valence-electron chi connectivity index (χ3n) is 5.08. The first-order chi connectivity index (χ1) is 17.6. The molecule has 0 spiro atoms. The first-order valence-electron chi connectivity index (χ1n) is 11.3. The fourth-order valence-corrected chi connectivity index (χ4v) is 4.02. The zero-order chi connectivity index (χ0) is 25.2. The van der Waals surface area contributed by atoms with Gasteiger partial charge in [-0.2, -0.15) is 10.2 Å². The molecular weight excluding hydrogens is 472 g/mol. The molecule has 3 aromatic carbocycles. The van der Waals surface area contributed by atoms with Gasteiger partial charge in [-0.25, -0.2) is 0 Å². The van der Waals surface area contributed by atoms with Crippen LogP contribution in [0.25, 0.3) is 0 Å². The number of carbonyl (C=O) groups excluding carboxylic acids is 1. The van der Waals surface area contributed by atoms with Crippen molar-refractivity contribution in [2.24, 2.45) is 10.2 Å². The van der Waals surface area contributed by atoms with Gasteiger partial charge in [0.25, 0.3) is 0 Å². The van der Waals surface area contributed by atoms with Crippen molar-refractivity contribution in [1.29, 1.82) is 0 Å². The van der Waals surface area contributed by atoms with E-state index in [4.69, 9.17) is 4.74 Å². The van der Waals surface area contributed by atoms with E-state index in [1.165, 1.54) is 11.8 Å². The van der Waals surface area contributed by atoms with Gasteiger partial charge >= 0.3 is 0 Å². The smallest absolute Gasteiger partial charge is 0.234 e. The first-order valence-corrected chi connectivity index (χ1v) is 12.3. The molecule has 0 aliphatic carbocycles. The van der Waals surface area contributed by atoms with Crippen LogP contribution in [0.15, 0.2) is 107 Å². The fraction of sp³-hybridized carbons (Fsp3) is 0.148. The SMILES string of the molecule is C=CCn1c(COc2ccccc2C)nnc1SCC(=O)Nc1ccc(N=Nc2ccccc2)cc1. The van der Waals surface area contributed by atoms with Gasteiger partial charge in [0.1, 0.15) is 12.4 Å². The van der Waals surface area contributed by atoms with Crippen LogP contribution in [0.4, 0.5) is 17.1 Å². The second kappa shape index (κ2) is 12.5. The van der Waals surface area contributed by atoms with Gasteiger partial charge in [0.2, 0.25) is 5.91 Å². The summed E-state index contributed by atoms with van der Waals surface area (Å²) in [4.78, 5) is 12.5. The van der Waals surface area contributed by atoms with Gasteiger partial charge in [0.05, 0.1) is 17.1 Å². The normalized spacial score (nSPS) is 10.9. The maximum atomic E-state index is 12.5. The van der Waals surface area contributed by atoms with Gasteiger partial charge in [0.15, 0.2) is 11.0 Å². The van der Waals surface area contributed by atoms with Crippen molar-refractivity contribution < 1.29 is 9.53 Å². The number of ether oxygens (including phenoxy) is 1. The van der Waals surface area contributed by atoms with Crippen LogP contribution < -0.4 is 10.1 Å². The summed E-state index contributed by atoms with van der Waals surface area (Å²) in [5, 5.41) is 20.4. The molecule has 0 fully saturated rings. The number of rotatable bonds is 11. The molecule has 0 radical (unpaired) electrons. The number of para-hydroxylation sites is 1. The predicted molar refractivity (Wildman–Crippen MR) is 142 cm³/mol. The number of carbonyl (C=O) groups is 1. The Hall–Kier alpha value is -4.24. The van der Waals surface area contributed by atoms with E-state index in [0.717, 1.165) is 17.0 Å². The minimum absolute atomic E-state index is 0.149. The van der Waals surface area contributed by atoms with Crippen LogP contribution >= 0.6 is 11.8 Å². The topological polar surface area (TPSA) is 93.8 Å². The molecule has 0 aliphatic rings. The standard InChI is InChI=1S/C27H26N6O2S/c1-3-17-33-25(18-35-24-12-8-7-9-20(24)2)31-32-27(33)36-19-26(34)28-21-13-15-23(16-14-21)30-29-22-10-5-4-6-11-22/h3-16H,1,17-19H2,2H3,(H,28,34). The highest BCUT2D eigenvalue weighted by Crippen LogP contribution is 2.22. The number of amides is 1. The summed E-state index contributed by atoms with van der Waals surface area (Å²) in [6, 6.07) is 24.5. The minimum Gasteiger partial charge on any atom is -0.485 e. The fourth-order valence-electron chi connectivity index (χ4n) is 3.25. The van der Waals surface area contributed by atoms with Crippen molar-refractivity contribution in [2.45, 2.75) is 25.2 Å². The maximum absolute atomic E-state index is 12.5. The number of nitrogens with one attached hydrogen (secondary N) is 1. The predicted octanol–water partition coefficient (Wildman–Crippen LogP) is 6.50. The lowest BCUT2D eigenvalue weighted by Crippen LogP contribution is -2.15. The molecule has 0 atom stereocenters. The molecule has 9 heteroatoms. The number of allylic oxidation sites excluding steroid dienone is 1. The van der Waals surface area contributed by atoms with Crippen molar-refractivity contribution in [3.63, 3.8) is 0 Å². The number of aromatic nitrogens is 3. The van der Waals surface area contributed by atoms with Crippen LogP contribution in [0.2, 0.25) is 0 Å². The third-order valence-corrected chi connectivity index (χ3v) is 6.04. The molecule has 36 heavy (non-hydrogen) atoms. The molecule has 4 aromatic rings. The number of thioether (sulfide) groups is 1. The number of hydrogen-bond acceptors (Lipinski definition) is 7. The van der Waals surface area contributed by atoms with E-state index in [0.29, 0.717) is 28.9 Å². The van der Waals surface area contributed by atoms with E-state index >= 15 is 0 Å². The Morgan fingerprint density at radius 3 is 2.42 bits per heavy atom. The molecule has 1 amide bonds. The zero-order valence-electron chi connectivity index (χ0n) is 19.9. The van der Waals surface area contributed by atoms with Crippen molar-refractivity contribution in [2.75, 3.05) is 11.1 Å². The molecule has 0 bridgehead atoms. The Kier molecular flexibility index (Phi) is 8.61. The molecule has 0 aliphatic heterocycles. The van der Waals surface area contributed by atoms with Crippen molar-refractivity contribution >= 4 is 34.7 Å². The molecule has 1 N–H and O–H groups in total. The highest BCUT2D eigenvalue weighted by Gasteiger charge is 2.14. The van der Waals surface area contributed by atoms with Gasteiger partial charge < -0.3 is 10.1 Å². The van der Waals surface area contributed by atoms with Crippen LogP contribution in [-0.4, -0.2) is 26.4 Å². The molecule has 1 heterocycles. The average molecular weight is 499 g/mol. The summed E-state index contributed by atoms with van der Waals surface area (Å²) >= 11 is 1.31. The number of azo groups is 1. The molecule has 0 unspecified atom stereocenters. The van der Waals surface area contributed by atoms with Crippen molar-refractivity contribution in [3.8, 4) is 5.75 Å². The largest absolute Gasteiger partial charge is 0.485 e. The highest BCUT2D eigenvalue weighted by molar-refractivity contribution is 7.99.